The molecule has 2 unspecified atom stereocenters. The van der Waals surface area contributed by atoms with Gasteiger partial charge in [-0.15, -0.1) is 0 Å². The van der Waals surface area contributed by atoms with Crippen molar-refractivity contribution in [1.29, 1.82) is 0 Å². The molecule has 3 atom stereocenters. The fraction of sp³-hybridized carbons (Fsp3) is 0.577. The number of nitrogens with zero attached hydrogens (tertiary/aromatic N) is 3. The summed E-state index contributed by atoms with van der Waals surface area (Å²) >= 11 is 0. The highest BCUT2D eigenvalue weighted by atomic mass is 16.6. The van der Waals surface area contributed by atoms with E-state index in [2.05, 4.69) is 17.0 Å². The minimum absolute atomic E-state index is 0.0743. The van der Waals surface area contributed by atoms with Crippen LogP contribution in [0.5, 0.6) is 0 Å². The van der Waals surface area contributed by atoms with Crippen LogP contribution >= 0.6 is 0 Å². The average molecular weight is 439 g/mol. The van der Waals surface area contributed by atoms with Gasteiger partial charge in [-0.25, -0.2) is 14.8 Å². The van der Waals surface area contributed by atoms with E-state index in [4.69, 9.17) is 4.74 Å². The largest absolute Gasteiger partial charge is 0.457 e. The van der Waals surface area contributed by atoms with E-state index >= 15 is 0 Å². The van der Waals surface area contributed by atoms with Crippen molar-refractivity contribution in [1.82, 2.24) is 9.97 Å². The van der Waals surface area contributed by atoms with Crippen molar-refractivity contribution in [2.45, 2.75) is 63.0 Å². The van der Waals surface area contributed by atoms with Gasteiger partial charge in [0, 0.05) is 37.1 Å². The van der Waals surface area contributed by atoms with Crippen LogP contribution < -0.4 is 0 Å². The van der Waals surface area contributed by atoms with Gasteiger partial charge in [0.1, 0.15) is 19.0 Å². The number of likely N-dealkylation sites (tertiary alicyclic amines) is 1. The second-order valence-corrected chi connectivity index (χ2v) is 9.74. The average Bonchev–Trinajstić information content (AvgIpc) is 3.49. The second-order valence-electron chi connectivity index (χ2n) is 9.74. The van der Waals surface area contributed by atoms with E-state index in [9.17, 15) is 9.90 Å². The van der Waals surface area contributed by atoms with E-state index < -0.39 is 11.6 Å². The standard InChI is InChI=1S/C26H36N3O3/c1-29(17-7-13-23-15-16-27-20-28-23)18-8-14-24(29)19-32-25(30)26(31,22-11-5-6-12-22)21-9-3-2-4-10-21/h2-4,9-10,15-16,20,22,24,31H,5-8,11-14,17-19H2,1H3/q+1/t24?,26-,29?/m0/s1. The maximum absolute atomic E-state index is 13.3. The Morgan fingerprint density at radius 3 is 2.66 bits per heavy atom. The monoisotopic (exact) mass is 438 g/mol. The molecule has 1 aromatic heterocycles. The molecule has 1 aromatic carbocycles. The van der Waals surface area contributed by atoms with Gasteiger partial charge in [-0.1, -0.05) is 43.2 Å². The molecule has 1 aliphatic carbocycles. The van der Waals surface area contributed by atoms with Crippen molar-refractivity contribution in [3.8, 4) is 0 Å². The molecule has 2 fully saturated rings. The van der Waals surface area contributed by atoms with Gasteiger partial charge < -0.3 is 14.3 Å². The Hall–Kier alpha value is -2.31. The predicted octanol–water partition coefficient (Wildman–Crippen LogP) is 3.64. The quantitative estimate of drug-likeness (QED) is 0.478. The van der Waals surface area contributed by atoms with Crippen LogP contribution in [0.2, 0.25) is 0 Å². The summed E-state index contributed by atoms with van der Waals surface area (Å²) in [5.41, 5.74) is 0.177. The molecule has 2 heterocycles. The van der Waals surface area contributed by atoms with Gasteiger partial charge in [-0.05, 0) is 30.9 Å². The Morgan fingerprint density at radius 2 is 1.94 bits per heavy atom. The minimum Gasteiger partial charge on any atom is -0.457 e. The molecule has 1 aliphatic heterocycles. The molecule has 6 heteroatoms. The number of likely N-dealkylation sites (N-methyl/N-ethyl adjacent to an activating group) is 1. The SMILES string of the molecule is C[N+]1(CCCc2ccncn2)CCCC1COC(=O)[C@](O)(c1ccccc1)C1CCCC1. The number of hydrogen-bond acceptors (Lipinski definition) is 5. The van der Waals surface area contributed by atoms with Gasteiger partial charge in [-0.2, -0.15) is 0 Å². The number of aromatic nitrogens is 2. The summed E-state index contributed by atoms with van der Waals surface area (Å²) in [6.07, 6.45) is 11.4. The number of benzene rings is 1. The number of aryl methyl sites for hydroxylation is 1. The second kappa shape index (κ2) is 10.1. The zero-order chi connectivity index (χ0) is 22.4. The van der Waals surface area contributed by atoms with Crippen molar-refractivity contribution in [2.75, 3.05) is 26.7 Å². The van der Waals surface area contributed by atoms with Gasteiger partial charge in [-0.3, -0.25) is 0 Å². The number of carbonyl (C=O) groups is 1. The topological polar surface area (TPSA) is 72.3 Å². The lowest BCUT2D eigenvalue weighted by molar-refractivity contribution is -0.921. The minimum atomic E-state index is -1.55. The van der Waals surface area contributed by atoms with Crippen LogP contribution in [0.4, 0.5) is 0 Å². The van der Waals surface area contributed by atoms with Crippen LogP contribution in [0, 0.1) is 5.92 Å². The lowest BCUT2D eigenvalue weighted by Crippen LogP contribution is -2.52. The van der Waals surface area contributed by atoms with Crippen molar-refractivity contribution >= 4 is 5.97 Å². The van der Waals surface area contributed by atoms with E-state index in [0.717, 1.165) is 74.6 Å². The molecule has 6 nitrogen and oxygen atoms in total. The lowest BCUT2D eigenvalue weighted by atomic mass is 9.80. The summed E-state index contributed by atoms with van der Waals surface area (Å²) in [5, 5.41) is 11.6. The van der Waals surface area contributed by atoms with Crippen molar-refractivity contribution in [2.24, 2.45) is 5.92 Å². The van der Waals surface area contributed by atoms with Crippen LogP contribution in [-0.4, -0.2) is 58.3 Å². The van der Waals surface area contributed by atoms with Gasteiger partial charge in [0.25, 0.3) is 0 Å². The predicted molar refractivity (Wildman–Crippen MR) is 123 cm³/mol. The summed E-state index contributed by atoms with van der Waals surface area (Å²) in [6, 6.07) is 11.6. The number of quaternary nitrogens is 1. The van der Waals surface area contributed by atoms with E-state index in [1.807, 2.05) is 36.4 Å². The molecular formula is C26H36N3O3+. The zero-order valence-corrected chi connectivity index (χ0v) is 19.2. The van der Waals surface area contributed by atoms with Gasteiger partial charge >= 0.3 is 5.97 Å². The van der Waals surface area contributed by atoms with Gasteiger partial charge in [0.15, 0.2) is 5.60 Å². The van der Waals surface area contributed by atoms with Gasteiger partial charge in [0.2, 0.25) is 0 Å². The Balaban J connectivity index is 1.38. The summed E-state index contributed by atoms with van der Waals surface area (Å²) in [5.74, 6) is -0.551. The van der Waals surface area contributed by atoms with Crippen LogP contribution in [0.25, 0.3) is 0 Å². The van der Waals surface area contributed by atoms with Crippen molar-refractivity contribution in [3.63, 3.8) is 0 Å². The normalized spacial score (nSPS) is 25.5. The summed E-state index contributed by atoms with van der Waals surface area (Å²) < 4.78 is 6.80. The summed E-state index contributed by atoms with van der Waals surface area (Å²) in [4.78, 5) is 21.6. The molecule has 1 N–H and O–H groups in total. The molecule has 1 saturated carbocycles. The lowest BCUT2D eigenvalue weighted by Gasteiger charge is -2.37. The molecule has 0 spiro atoms. The Labute approximate surface area is 191 Å². The first-order chi connectivity index (χ1) is 15.5. The number of rotatable bonds is 9. The first-order valence-electron chi connectivity index (χ1n) is 12.1. The third kappa shape index (κ3) is 4.86. The number of hydrogen-bond donors (Lipinski definition) is 1. The molecular weight excluding hydrogens is 402 g/mol. The van der Waals surface area contributed by atoms with E-state index in [0.29, 0.717) is 12.2 Å². The Morgan fingerprint density at radius 1 is 1.16 bits per heavy atom. The fourth-order valence-electron chi connectivity index (χ4n) is 5.67. The fourth-order valence-corrected chi connectivity index (χ4v) is 5.67. The molecule has 32 heavy (non-hydrogen) atoms. The maximum atomic E-state index is 13.3. The number of esters is 1. The molecule has 1 saturated heterocycles. The van der Waals surface area contributed by atoms with Gasteiger partial charge in [0.05, 0.1) is 20.1 Å². The molecule has 0 bridgehead atoms. The van der Waals surface area contributed by atoms with E-state index in [1.165, 1.54) is 0 Å². The highest BCUT2D eigenvalue weighted by Crippen LogP contribution is 2.41. The molecule has 2 aliphatic rings. The van der Waals surface area contributed by atoms with Crippen LogP contribution in [0.15, 0.2) is 48.9 Å². The number of aliphatic hydroxyl groups is 1. The third-order valence-corrected chi connectivity index (χ3v) is 7.71. The van der Waals surface area contributed by atoms with E-state index in [-0.39, 0.29) is 12.0 Å². The number of ether oxygens (including phenoxy) is 1. The molecule has 0 radical (unpaired) electrons. The van der Waals surface area contributed by atoms with Crippen LogP contribution in [0.1, 0.15) is 56.2 Å². The molecule has 4 rings (SSSR count). The van der Waals surface area contributed by atoms with Crippen LogP contribution in [-0.2, 0) is 21.6 Å². The zero-order valence-electron chi connectivity index (χ0n) is 19.2. The van der Waals surface area contributed by atoms with Crippen molar-refractivity contribution in [3.05, 3.63) is 60.2 Å². The highest BCUT2D eigenvalue weighted by Gasteiger charge is 2.48. The Bertz CT molecular complexity index is 872. The van der Waals surface area contributed by atoms with Crippen LogP contribution in [0.3, 0.4) is 0 Å². The first kappa shape index (κ1) is 22.9. The number of carbonyl (C=O) groups excluding carboxylic acids is 1. The molecule has 0 amide bonds. The maximum Gasteiger partial charge on any atom is 0.343 e. The Kier molecular flexibility index (Phi) is 7.21. The highest BCUT2D eigenvalue weighted by molar-refractivity contribution is 5.81. The van der Waals surface area contributed by atoms with Crippen molar-refractivity contribution < 1.29 is 19.1 Å². The molecule has 2 aromatic rings. The summed E-state index contributed by atoms with van der Waals surface area (Å²) in [7, 11) is 2.27. The third-order valence-electron chi connectivity index (χ3n) is 7.71. The smallest absolute Gasteiger partial charge is 0.343 e. The first-order valence-corrected chi connectivity index (χ1v) is 12.1. The summed E-state index contributed by atoms with van der Waals surface area (Å²) in [6.45, 7) is 2.49. The molecule has 172 valence electrons. The van der Waals surface area contributed by atoms with E-state index in [1.54, 1.807) is 12.5 Å².